The lowest BCUT2D eigenvalue weighted by Crippen LogP contribution is -2.35. The third kappa shape index (κ3) is 6.37. The van der Waals surface area contributed by atoms with Gasteiger partial charge in [0.1, 0.15) is 6.61 Å². The van der Waals surface area contributed by atoms with Gasteiger partial charge in [0.25, 0.3) is 0 Å². The van der Waals surface area contributed by atoms with Crippen molar-refractivity contribution >= 4 is 5.91 Å². The fraction of sp³-hybridized carbons (Fsp3) is 0.500. The van der Waals surface area contributed by atoms with Crippen LogP contribution >= 0.6 is 0 Å². The molecule has 1 N–H and O–H groups in total. The van der Waals surface area contributed by atoms with Crippen LogP contribution in [0.1, 0.15) is 18.9 Å². The first-order valence-electron chi connectivity index (χ1n) is 6.12. The van der Waals surface area contributed by atoms with Crippen LogP contribution in [0, 0.1) is 0 Å². The van der Waals surface area contributed by atoms with Gasteiger partial charge in [0.05, 0.1) is 6.61 Å². The van der Waals surface area contributed by atoms with E-state index in [2.05, 4.69) is 5.32 Å². The van der Waals surface area contributed by atoms with Gasteiger partial charge in [-0.15, -0.1) is 0 Å². The summed E-state index contributed by atoms with van der Waals surface area (Å²) < 4.78 is 10.3. The maximum absolute atomic E-state index is 11.2. The van der Waals surface area contributed by atoms with Gasteiger partial charge in [-0.1, -0.05) is 30.3 Å². The Morgan fingerprint density at radius 3 is 2.72 bits per heavy atom. The molecule has 100 valence electrons. The summed E-state index contributed by atoms with van der Waals surface area (Å²) in [6.07, 6.45) is 0.794. The fourth-order valence-corrected chi connectivity index (χ4v) is 1.54. The second-order valence-corrected chi connectivity index (χ2v) is 4.23. The molecule has 0 fully saturated rings. The minimum Gasteiger partial charge on any atom is -0.377 e. The first kappa shape index (κ1) is 14.7. The lowest BCUT2D eigenvalue weighted by atomic mass is 10.2. The number of nitrogens with one attached hydrogen (secondary N) is 1. The van der Waals surface area contributed by atoms with E-state index in [-0.39, 0.29) is 18.6 Å². The van der Waals surface area contributed by atoms with Crippen LogP contribution in [0.25, 0.3) is 0 Å². The van der Waals surface area contributed by atoms with Crippen LogP contribution in [0.5, 0.6) is 0 Å². The van der Waals surface area contributed by atoms with Gasteiger partial charge in [-0.3, -0.25) is 4.79 Å². The number of methoxy groups -OCH3 is 1. The van der Waals surface area contributed by atoms with E-state index < -0.39 is 0 Å². The molecule has 0 saturated heterocycles. The first-order valence-corrected chi connectivity index (χ1v) is 6.12. The molecule has 0 bridgehead atoms. The number of carbonyl (C=O) groups excluding carboxylic acids is 1. The molecule has 0 heterocycles. The highest BCUT2D eigenvalue weighted by atomic mass is 16.5. The maximum atomic E-state index is 11.2. The SMILES string of the molecule is COCC(=O)NC(C)CCOCc1ccccc1. The topological polar surface area (TPSA) is 47.6 Å². The predicted octanol–water partition coefficient (Wildman–Crippen LogP) is 1.74. The van der Waals surface area contributed by atoms with Crippen molar-refractivity contribution in [3.8, 4) is 0 Å². The van der Waals surface area contributed by atoms with E-state index in [0.29, 0.717) is 13.2 Å². The Morgan fingerprint density at radius 1 is 1.33 bits per heavy atom. The number of amides is 1. The molecule has 0 aliphatic heterocycles. The zero-order valence-electron chi connectivity index (χ0n) is 11.0. The van der Waals surface area contributed by atoms with Crippen LogP contribution in [-0.4, -0.2) is 32.3 Å². The van der Waals surface area contributed by atoms with Crippen molar-refractivity contribution in [2.75, 3.05) is 20.3 Å². The van der Waals surface area contributed by atoms with E-state index in [9.17, 15) is 4.79 Å². The molecular formula is C14H21NO3. The Labute approximate surface area is 108 Å². The standard InChI is InChI=1S/C14H21NO3/c1-12(15-14(16)11-17-2)8-9-18-10-13-6-4-3-5-7-13/h3-7,12H,8-11H2,1-2H3,(H,15,16). The van der Waals surface area contributed by atoms with Crippen LogP contribution in [0.2, 0.25) is 0 Å². The average molecular weight is 251 g/mol. The van der Waals surface area contributed by atoms with Gasteiger partial charge in [0.2, 0.25) is 5.91 Å². The van der Waals surface area contributed by atoms with Gasteiger partial charge in [-0.05, 0) is 18.9 Å². The van der Waals surface area contributed by atoms with Crippen molar-refractivity contribution in [3.63, 3.8) is 0 Å². The molecule has 0 aromatic heterocycles. The zero-order valence-corrected chi connectivity index (χ0v) is 11.0. The first-order chi connectivity index (χ1) is 8.72. The molecule has 4 nitrogen and oxygen atoms in total. The normalized spacial score (nSPS) is 12.1. The lowest BCUT2D eigenvalue weighted by molar-refractivity contribution is -0.125. The lowest BCUT2D eigenvalue weighted by Gasteiger charge is -2.13. The van der Waals surface area contributed by atoms with Gasteiger partial charge in [0, 0.05) is 19.8 Å². The Hall–Kier alpha value is -1.39. The summed E-state index contributed by atoms with van der Waals surface area (Å²) in [5.41, 5.74) is 1.16. The van der Waals surface area contributed by atoms with Crippen LogP contribution in [0.4, 0.5) is 0 Å². The number of hydrogen-bond acceptors (Lipinski definition) is 3. The van der Waals surface area contributed by atoms with Crippen LogP contribution < -0.4 is 5.32 Å². The van der Waals surface area contributed by atoms with Gasteiger partial charge < -0.3 is 14.8 Å². The second-order valence-electron chi connectivity index (χ2n) is 4.23. The highest BCUT2D eigenvalue weighted by Gasteiger charge is 2.06. The van der Waals surface area contributed by atoms with Crippen LogP contribution in [0.15, 0.2) is 30.3 Å². The molecule has 0 radical (unpaired) electrons. The molecule has 0 spiro atoms. The Bertz CT molecular complexity index is 340. The average Bonchev–Trinajstić information content (AvgIpc) is 2.36. The molecule has 4 heteroatoms. The smallest absolute Gasteiger partial charge is 0.246 e. The number of carbonyl (C=O) groups is 1. The van der Waals surface area contributed by atoms with Crippen molar-refractivity contribution in [2.24, 2.45) is 0 Å². The van der Waals surface area contributed by atoms with Gasteiger partial charge in [0.15, 0.2) is 0 Å². The molecule has 1 unspecified atom stereocenters. The molecule has 1 rings (SSSR count). The predicted molar refractivity (Wildman–Crippen MR) is 70.2 cm³/mol. The summed E-state index contributed by atoms with van der Waals surface area (Å²) >= 11 is 0. The van der Waals surface area contributed by atoms with E-state index in [4.69, 9.17) is 9.47 Å². The van der Waals surface area contributed by atoms with E-state index in [1.54, 1.807) is 0 Å². The molecule has 18 heavy (non-hydrogen) atoms. The number of hydrogen-bond donors (Lipinski definition) is 1. The summed E-state index contributed by atoms with van der Waals surface area (Å²) in [6.45, 7) is 3.30. The van der Waals surface area contributed by atoms with E-state index in [0.717, 1.165) is 12.0 Å². The summed E-state index contributed by atoms with van der Waals surface area (Å²) in [5, 5.41) is 2.84. The van der Waals surface area contributed by atoms with E-state index in [1.807, 2.05) is 37.3 Å². The quantitative estimate of drug-likeness (QED) is 0.716. The summed E-state index contributed by atoms with van der Waals surface area (Å²) in [7, 11) is 1.51. The Kier molecular flexibility index (Phi) is 7.06. The molecule has 0 saturated carbocycles. The van der Waals surface area contributed by atoms with Crippen molar-refractivity contribution in [1.82, 2.24) is 5.32 Å². The minimum absolute atomic E-state index is 0.0898. The second kappa shape index (κ2) is 8.66. The van der Waals surface area contributed by atoms with Crippen LogP contribution in [0.3, 0.4) is 0 Å². The largest absolute Gasteiger partial charge is 0.377 e. The minimum atomic E-state index is -0.0898. The summed E-state index contributed by atoms with van der Waals surface area (Å²) in [6, 6.07) is 10.1. The molecule has 1 atom stereocenters. The highest BCUT2D eigenvalue weighted by molar-refractivity contribution is 5.77. The van der Waals surface area contributed by atoms with Crippen molar-refractivity contribution in [3.05, 3.63) is 35.9 Å². The van der Waals surface area contributed by atoms with Crippen molar-refractivity contribution in [1.29, 1.82) is 0 Å². The number of benzene rings is 1. The molecule has 0 aliphatic carbocycles. The van der Waals surface area contributed by atoms with Crippen LogP contribution in [-0.2, 0) is 20.9 Å². The fourth-order valence-electron chi connectivity index (χ4n) is 1.54. The van der Waals surface area contributed by atoms with Crippen molar-refractivity contribution < 1.29 is 14.3 Å². The summed E-state index contributed by atoms with van der Waals surface area (Å²) in [5.74, 6) is -0.0898. The third-order valence-corrected chi connectivity index (χ3v) is 2.49. The highest BCUT2D eigenvalue weighted by Crippen LogP contribution is 2.01. The molecule has 1 aromatic carbocycles. The van der Waals surface area contributed by atoms with E-state index >= 15 is 0 Å². The molecular weight excluding hydrogens is 230 g/mol. The van der Waals surface area contributed by atoms with Gasteiger partial charge in [-0.2, -0.15) is 0 Å². The maximum Gasteiger partial charge on any atom is 0.246 e. The van der Waals surface area contributed by atoms with Gasteiger partial charge >= 0.3 is 0 Å². The number of rotatable bonds is 8. The van der Waals surface area contributed by atoms with Crippen molar-refractivity contribution in [2.45, 2.75) is 26.0 Å². The Morgan fingerprint density at radius 2 is 2.06 bits per heavy atom. The third-order valence-electron chi connectivity index (χ3n) is 2.49. The Balaban J connectivity index is 2.09. The zero-order chi connectivity index (χ0) is 13.2. The van der Waals surface area contributed by atoms with Gasteiger partial charge in [-0.25, -0.2) is 0 Å². The van der Waals surface area contributed by atoms with E-state index in [1.165, 1.54) is 7.11 Å². The number of ether oxygens (including phenoxy) is 2. The monoisotopic (exact) mass is 251 g/mol. The molecule has 1 amide bonds. The molecule has 1 aromatic rings. The molecule has 0 aliphatic rings. The summed E-state index contributed by atoms with van der Waals surface area (Å²) in [4.78, 5) is 11.2.